The highest BCUT2D eigenvalue weighted by Crippen LogP contribution is 2.25. The Kier molecular flexibility index (Phi) is 4.66. The first-order valence-electron chi connectivity index (χ1n) is 6.50. The lowest BCUT2D eigenvalue weighted by Crippen LogP contribution is -2.35. The lowest BCUT2D eigenvalue weighted by Gasteiger charge is -2.28. The Labute approximate surface area is 106 Å². The molecule has 0 spiro atoms. The van der Waals surface area contributed by atoms with Crippen LogP contribution in [0.5, 0.6) is 0 Å². The largest absolute Gasteiger partial charge is 0.395 e. The maximum atomic E-state index is 13.6. The Morgan fingerprint density at radius 1 is 1.22 bits per heavy atom. The fourth-order valence-electron chi connectivity index (χ4n) is 2.68. The zero-order valence-corrected chi connectivity index (χ0v) is 10.4. The highest BCUT2D eigenvalue weighted by atomic mass is 19.2. The average molecular weight is 255 g/mol. The van der Waals surface area contributed by atoms with Gasteiger partial charge in [0.1, 0.15) is 0 Å². The van der Waals surface area contributed by atoms with Crippen molar-refractivity contribution in [2.45, 2.75) is 38.3 Å². The van der Waals surface area contributed by atoms with Crippen LogP contribution >= 0.6 is 0 Å². The van der Waals surface area contributed by atoms with E-state index in [1.807, 2.05) is 0 Å². The Hall–Kier alpha value is -1.00. The van der Waals surface area contributed by atoms with E-state index >= 15 is 0 Å². The lowest BCUT2D eigenvalue weighted by molar-refractivity contribution is 0.143. The molecular weight excluding hydrogens is 236 g/mol. The van der Waals surface area contributed by atoms with Gasteiger partial charge in [-0.25, -0.2) is 8.78 Å². The zero-order chi connectivity index (χ0) is 13.0. The second kappa shape index (κ2) is 6.25. The van der Waals surface area contributed by atoms with Crippen LogP contribution in [0.2, 0.25) is 0 Å². The molecule has 1 saturated carbocycles. The number of nitrogens with zero attached hydrogens (tertiary/aromatic N) is 1. The number of aliphatic hydroxyl groups is 1. The molecule has 0 saturated heterocycles. The molecular formula is C14H19F2NO. The van der Waals surface area contributed by atoms with Crippen molar-refractivity contribution in [3.63, 3.8) is 0 Å². The molecule has 4 heteroatoms. The van der Waals surface area contributed by atoms with E-state index in [2.05, 4.69) is 4.90 Å². The molecule has 1 fully saturated rings. The van der Waals surface area contributed by atoms with Crippen LogP contribution in [-0.2, 0) is 6.54 Å². The third-order valence-electron chi connectivity index (χ3n) is 3.63. The summed E-state index contributed by atoms with van der Waals surface area (Å²) in [6, 6.07) is 4.65. The summed E-state index contributed by atoms with van der Waals surface area (Å²) in [4.78, 5) is 2.06. The summed E-state index contributed by atoms with van der Waals surface area (Å²) < 4.78 is 26.8. The van der Waals surface area contributed by atoms with E-state index < -0.39 is 11.6 Å². The van der Waals surface area contributed by atoms with E-state index in [0.717, 1.165) is 18.9 Å². The number of aliphatic hydroxyl groups excluding tert-OH is 1. The van der Waals surface area contributed by atoms with Gasteiger partial charge in [0.25, 0.3) is 0 Å². The number of rotatable bonds is 5. The van der Waals surface area contributed by atoms with Gasteiger partial charge in [0.2, 0.25) is 0 Å². The first-order valence-corrected chi connectivity index (χ1v) is 6.50. The predicted octanol–water partition coefficient (Wildman–Crippen LogP) is 2.70. The van der Waals surface area contributed by atoms with Crippen LogP contribution in [0, 0.1) is 11.6 Å². The molecule has 1 aromatic carbocycles. The third kappa shape index (κ3) is 3.06. The number of hydrogen-bond donors (Lipinski definition) is 1. The van der Waals surface area contributed by atoms with Crippen LogP contribution in [0.4, 0.5) is 8.78 Å². The van der Waals surface area contributed by atoms with Crippen molar-refractivity contribution in [1.29, 1.82) is 0 Å². The molecule has 0 heterocycles. The molecule has 2 nitrogen and oxygen atoms in total. The number of benzene rings is 1. The highest BCUT2D eigenvalue weighted by Gasteiger charge is 2.23. The van der Waals surface area contributed by atoms with Crippen LogP contribution in [0.3, 0.4) is 0 Å². The summed E-state index contributed by atoms with van der Waals surface area (Å²) >= 11 is 0. The predicted molar refractivity (Wildman–Crippen MR) is 66.1 cm³/mol. The van der Waals surface area contributed by atoms with Gasteiger partial charge in [-0.1, -0.05) is 25.0 Å². The van der Waals surface area contributed by atoms with Crippen LogP contribution in [-0.4, -0.2) is 29.2 Å². The molecule has 0 amide bonds. The van der Waals surface area contributed by atoms with E-state index in [4.69, 9.17) is 5.11 Å². The van der Waals surface area contributed by atoms with E-state index in [9.17, 15) is 8.78 Å². The minimum Gasteiger partial charge on any atom is -0.395 e. The monoisotopic (exact) mass is 255 g/mol. The molecule has 18 heavy (non-hydrogen) atoms. The van der Waals surface area contributed by atoms with Crippen molar-refractivity contribution in [2.75, 3.05) is 13.2 Å². The van der Waals surface area contributed by atoms with E-state index in [0.29, 0.717) is 24.7 Å². The van der Waals surface area contributed by atoms with Crippen molar-refractivity contribution >= 4 is 0 Å². The van der Waals surface area contributed by atoms with Gasteiger partial charge >= 0.3 is 0 Å². The van der Waals surface area contributed by atoms with Gasteiger partial charge < -0.3 is 5.11 Å². The zero-order valence-electron chi connectivity index (χ0n) is 10.4. The van der Waals surface area contributed by atoms with E-state index in [1.54, 1.807) is 6.07 Å². The van der Waals surface area contributed by atoms with Gasteiger partial charge in [-0.05, 0) is 18.9 Å². The maximum Gasteiger partial charge on any atom is 0.163 e. The molecule has 0 unspecified atom stereocenters. The fourth-order valence-corrected chi connectivity index (χ4v) is 2.68. The SMILES string of the molecule is OCCN(Cc1cccc(F)c1F)C1CCCC1. The molecule has 0 atom stereocenters. The summed E-state index contributed by atoms with van der Waals surface area (Å²) in [5, 5.41) is 9.09. The molecule has 0 aliphatic heterocycles. The van der Waals surface area contributed by atoms with E-state index in [-0.39, 0.29) is 6.61 Å². The van der Waals surface area contributed by atoms with Crippen molar-refractivity contribution in [1.82, 2.24) is 4.90 Å². The Morgan fingerprint density at radius 2 is 1.94 bits per heavy atom. The standard InChI is InChI=1S/C14H19F2NO/c15-13-7-3-4-11(14(13)16)10-17(8-9-18)12-5-1-2-6-12/h3-4,7,12,18H,1-2,5-6,8-10H2. The fraction of sp³-hybridized carbons (Fsp3) is 0.571. The average Bonchev–Trinajstić information content (AvgIpc) is 2.88. The van der Waals surface area contributed by atoms with Gasteiger partial charge in [-0.15, -0.1) is 0 Å². The first-order chi connectivity index (χ1) is 8.72. The Balaban J connectivity index is 2.10. The molecule has 2 rings (SSSR count). The van der Waals surface area contributed by atoms with Crippen molar-refractivity contribution in [3.05, 3.63) is 35.4 Å². The summed E-state index contributed by atoms with van der Waals surface area (Å²) in [5.41, 5.74) is 0.371. The summed E-state index contributed by atoms with van der Waals surface area (Å²) in [6.45, 7) is 0.933. The molecule has 100 valence electrons. The molecule has 1 aliphatic rings. The lowest BCUT2D eigenvalue weighted by atomic mass is 10.1. The number of hydrogen-bond acceptors (Lipinski definition) is 2. The van der Waals surface area contributed by atoms with Crippen LogP contribution in [0.25, 0.3) is 0 Å². The van der Waals surface area contributed by atoms with Gasteiger partial charge in [-0.3, -0.25) is 4.90 Å². The minimum absolute atomic E-state index is 0.0490. The topological polar surface area (TPSA) is 23.5 Å². The quantitative estimate of drug-likeness (QED) is 0.874. The second-order valence-electron chi connectivity index (χ2n) is 4.85. The van der Waals surface area contributed by atoms with Gasteiger partial charge in [0.15, 0.2) is 11.6 Å². The molecule has 1 N–H and O–H groups in total. The molecule has 1 aliphatic carbocycles. The molecule has 0 aromatic heterocycles. The second-order valence-corrected chi connectivity index (χ2v) is 4.85. The Bertz CT molecular complexity index is 391. The number of halogens is 2. The normalized spacial score (nSPS) is 16.7. The minimum atomic E-state index is -0.803. The smallest absolute Gasteiger partial charge is 0.163 e. The Morgan fingerprint density at radius 3 is 2.61 bits per heavy atom. The van der Waals surface area contributed by atoms with Gasteiger partial charge in [0, 0.05) is 24.7 Å². The van der Waals surface area contributed by atoms with Crippen LogP contribution in [0.1, 0.15) is 31.2 Å². The van der Waals surface area contributed by atoms with E-state index in [1.165, 1.54) is 18.9 Å². The van der Waals surface area contributed by atoms with Crippen molar-refractivity contribution < 1.29 is 13.9 Å². The summed E-state index contributed by atoms with van der Waals surface area (Å²) in [6.07, 6.45) is 4.52. The van der Waals surface area contributed by atoms with Crippen LogP contribution in [0.15, 0.2) is 18.2 Å². The summed E-state index contributed by atoms with van der Waals surface area (Å²) in [7, 11) is 0. The molecule has 1 aromatic rings. The maximum absolute atomic E-state index is 13.6. The van der Waals surface area contributed by atoms with Gasteiger partial charge in [0.05, 0.1) is 6.61 Å². The van der Waals surface area contributed by atoms with Crippen LogP contribution < -0.4 is 0 Å². The summed E-state index contributed by atoms with van der Waals surface area (Å²) in [5.74, 6) is -1.57. The molecule has 0 bridgehead atoms. The first kappa shape index (κ1) is 13.4. The third-order valence-corrected chi connectivity index (χ3v) is 3.63. The van der Waals surface area contributed by atoms with Crippen molar-refractivity contribution in [2.24, 2.45) is 0 Å². The molecule has 0 radical (unpaired) electrons. The van der Waals surface area contributed by atoms with Gasteiger partial charge in [-0.2, -0.15) is 0 Å². The van der Waals surface area contributed by atoms with Crippen molar-refractivity contribution in [3.8, 4) is 0 Å². The highest BCUT2D eigenvalue weighted by molar-refractivity contribution is 5.19.